The van der Waals surface area contributed by atoms with Crippen LogP contribution in [0.15, 0.2) is 24.3 Å². The van der Waals surface area contributed by atoms with Crippen molar-refractivity contribution in [3.8, 4) is 0 Å². The molecular weight excluding hydrogens is 310 g/mol. The summed E-state index contributed by atoms with van der Waals surface area (Å²) >= 11 is 7.22. The van der Waals surface area contributed by atoms with Gasteiger partial charge >= 0.3 is 5.97 Å². The Bertz CT molecular complexity index is 601. The van der Waals surface area contributed by atoms with Crippen molar-refractivity contribution in [2.45, 2.75) is 32.2 Å². The van der Waals surface area contributed by atoms with E-state index in [4.69, 9.17) is 16.7 Å². The van der Waals surface area contributed by atoms with E-state index in [2.05, 4.69) is 15.5 Å². The van der Waals surface area contributed by atoms with Crippen molar-refractivity contribution in [1.82, 2.24) is 10.2 Å². The van der Waals surface area contributed by atoms with E-state index in [9.17, 15) is 4.79 Å². The highest BCUT2D eigenvalue weighted by atomic mass is 35.5. The molecule has 0 aliphatic rings. The third kappa shape index (κ3) is 4.68. The van der Waals surface area contributed by atoms with Gasteiger partial charge in [-0.3, -0.25) is 0 Å². The Morgan fingerprint density at radius 2 is 2.10 bits per heavy atom. The number of rotatable bonds is 7. The highest BCUT2D eigenvalue weighted by Crippen LogP contribution is 2.21. The summed E-state index contributed by atoms with van der Waals surface area (Å²) in [6.45, 7) is 1.95. The number of carbonyl (C=O) groups is 1. The van der Waals surface area contributed by atoms with Gasteiger partial charge in [-0.1, -0.05) is 48.4 Å². The van der Waals surface area contributed by atoms with Gasteiger partial charge in [-0.05, 0) is 24.1 Å². The van der Waals surface area contributed by atoms with Crippen molar-refractivity contribution < 1.29 is 9.90 Å². The Balaban J connectivity index is 2.00. The Kier molecular flexibility index (Phi) is 5.52. The molecule has 2 aromatic rings. The van der Waals surface area contributed by atoms with Gasteiger partial charge in [0.1, 0.15) is 11.0 Å². The number of carboxylic acid groups (broad SMARTS) is 1. The van der Waals surface area contributed by atoms with Crippen LogP contribution in [0.4, 0.5) is 5.13 Å². The quantitative estimate of drug-likeness (QED) is 0.815. The summed E-state index contributed by atoms with van der Waals surface area (Å²) < 4.78 is 0. The fourth-order valence-electron chi connectivity index (χ4n) is 1.86. The zero-order valence-corrected chi connectivity index (χ0v) is 13.1. The molecule has 2 N–H and O–H groups in total. The van der Waals surface area contributed by atoms with Crippen LogP contribution in [0.5, 0.6) is 0 Å². The molecule has 0 aliphatic heterocycles. The summed E-state index contributed by atoms with van der Waals surface area (Å²) in [6.07, 6.45) is 2.00. The largest absolute Gasteiger partial charge is 0.480 e. The van der Waals surface area contributed by atoms with Crippen LogP contribution in [-0.4, -0.2) is 27.3 Å². The van der Waals surface area contributed by atoms with Gasteiger partial charge in [-0.25, -0.2) is 4.79 Å². The van der Waals surface area contributed by atoms with Crippen LogP contribution in [0.2, 0.25) is 5.02 Å². The summed E-state index contributed by atoms with van der Waals surface area (Å²) in [5.41, 5.74) is 1.09. The Morgan fingerprint density at radius 3 is 2.71 bits per heavy atom. The lowest BCUT2D eigenvalue weighted by Gasteiger charge is -2.11. The number of aliphatic carboxylic acids is 1. The van der Waals surface area contributed by atoms with E-state index in [-0.39, 0.29) is 0 Å². The number of nitrogens with one attached hydrogen (secondary N) is 1. The van der Waals surface area contributed by atoms with Gasteiger partial charge in [0, 0.05) is 11.4 Å². The average molecular weight is 326 g/mol. The highest BCUT2D eigenvalue weighted by molar-refractivity contribution is 7.15. The van der Waals surface area contributed by atoms with Gasteiger partial charge in [0.05, 0.1) is 0 Å². The number of hydrogen-bond acceptors (Lipinski definition) is 5. The van der Waals surface area contributed by atoms with Gasteiger partial charge in [-0.15, -0.1) is 10.2 Å². The number of halogens is 1. The second-order valence-electron chi connectivity index (χ2n) is 4.63. The molecule has 21 heavy (non-hydrogen) atoms. The maximum absolute atomic E-state index is 11.1. The van der Waals surface area contributed by atoms with Crippen LogP contribution in [0, 0.1) is 0 Å². The first-order valence-corrected chi connectivity index (χ1v) is 7.84. The molecule has 0 saturated carbocycles. The molecule has 1 aromatic carbocycles. The first-order valence-electron chi connectivity index (χ1n) is 6.64. The van der Waals surface area contributed by atoms with Crippen molar-refractivity contribution in [1.29, 1.82) is 0 Å². The van der Waals surface area contributed by atoms with Crippen LogP contribution in [0.1, 0.15) is 30.3 Å². The van der Waals surface area contributed by atoms with E-state index in [0.29, 0.717) is 23.0 Å². The molecule has 0 fully saturated rings. The molecule has 0 saturated heterocycles. The van der Waals surface area contributed by atoms with E-state index in [0.717, 1.165) is 17.0 Å². The summed E-state index contributed by atoms with van der Waals surface area (Å²) in [5, 5.41) is 22.2. The molecule has 5 nitrogen and oxygen atoms in total. The first kappa shape index (κ1) is 15.7. The van der Waals surface area contributed by atoms with Crippen LogP contribution in [0.25, 0.3) is 0 Å². The van der Waals surface area contributed by atoms with E-state index in [1.165, 1.54) is 11.3 Å². The SMILES string of the molecule is CCCC(Nc1nnc(Cc2ccc(Cl)cc2)s1)C(=O)O. The Hall–Kier alpha value is -1.66. The summed E-state index contributed by atoms with van der Waals surface area (Å²) in [4.78, 5) is 11.1. The number of carboxylic acids is 1. The van der Waals surface area contributed by atoms with Crippen molar-refractivity contribution in [2.24, 2.45) is 0 Å². The Morgan fingerprint density at radius 1 is 1.38 bits per heavy atom. The number of benzene rings is 1. The molecule has 0 spiro atoms. The molecule has 1 atom stereocenters. The fourth-order valence-corrected chi connectivity index (χ4v) is 2.81. The molecule has 1 heterocycles. The van der Waals surface area contributed by atoms with Gasteiger partial charge in [0.2, 0.25) is 5.13 Å². The minimum Gasteiger partial charge on any atom is -0.480 e. The average Bonchev–Trinajstić information content (AvgIpc) is 2.88. The third-order valence-corrected chi connectivity index (χ3v) is 4.02. The Labute approximate surface area is 132 Å². The van der Waals surface area contributed by atoms with Crippen molar-refractivity contribution in [3.05, 3.63) is 39.9 Å². The first-order chi connectivity index (χ1) is 10.1. The molecule has 0 aliphatic carbocycles. The van der Waals surface area contributed by atoms with Crippen LogP contribution < -0.4 is 5.32 Å². The minimum atomic E-state index is -0.869. The molecule has 0 bridgehead atoms. The van der Waals surface area contributed by atoms with Crippen molar-refractivity contribution in [3.63, 3.8) is 0 Å². The van der Waals surface area contributed by atoms with Crippen LogP contribution in [0.3, 0.4) is 0 Å². The van der Waals surface area contributed by atoms with E-state index in [1.54, 1.807) is 0 Å². The standard InChI is InChI=1S/C14H16ClN3O2S/c1-2-3-11(13(19)20)16-14-18-17-12(21-14)8-9-4-6-10(15)7-5-9/h4-7,11H,2-3,8H2,1H3,(H,16,18)(H,19,20). The molecule has 7 heteroatoms. The molecule has 2 rings (SSSR count). The van der Waals surface area contributed by atoms with Gasteiger partial charge in [0.25, 0.3) is 0 Å². The number of nitrogens with zero attached hydrogens (tertiary/aromatic N) is 2. The normalized spacial score (nSPS) is 12.1. The second kappa shape index (κ2) is 7.38. The molecule has 0 amide bonds. The predicted octanol–water partition coefficient (Wildman–Crippen LogP) is 3.45. The third-order valence-electron chi connectivity index (χ3n) is 2.91. The van der Waals surface area contributed by atoms with Gasteiger partial charge in [0.15, 0.2) is 0 Å². The molecule has 0 radical (unpaired) electrons. The second-order valence-corrected chi connectivity index (χ2v) is 6.13. The molecule has 1 unspecified atom stereocenters. The predicted molar refractivity (Wildman–Crippen MR) is 84.1 cm³/mol. The molecule has 1 aromatic heterocycles. The van der Waals surface area contributed by atoms with Gasteiger partial charge in [-0.2, -0.15) is 0 Å². The zero-order chi connectivity index (χ0) is 15.2. The van der Waals surface area contributed by atoms with Crippen LogP contribution >= 0.6 is 22.9 Å². The maximum Gasteiger partial charge on any atom is 0.326 e. The number of hydrogen-bond donors (Lipinski definition) is 2. The number of anilines is 1. The minimum absolute atomic E-state index is 0.541. The molecular formula is C14H16ClN3O2S. The lowest BCUT2D eigenvalue weighted by molar-refractivity contribution is -0.138. The molecule has 112 valence electrons. The lowest BCUT2D eigenvalue weighted by atomic mass is 10.2. The topological polar surface area (TPSA) is 75.1 Å². The van der Waals surface area contributed by atoms with E-state index >= 15 is 0 Å². The van der Waals surface area contributed by atoms with Crippen molar-refractivity contribution >= 4 is 34.0 Å². The van der Waals surface area contributed by atoms with Crippen LogP contribution in [-0.2, 0) is 11.2 Å². The monoisotopic (exact) mass is 325 g/mol. The number of aromatic nitrogens is 2. The summed E-state index contributed by atoms with van der Waals surface area (Å²) in [7, 11) is 0. The summed E-state index contributed by atoms with van der Waals surface area (Å²) in [6, 6.07) is 6.92. The zero-order valence-electron chi connectivity index (χ0n) is 11.5. The highest BCUT2D eigenvalue weighted by Gasteiger charge is 2.17. The maximum atomic E-state index is 11.1. The van der Waals surface area contributed by atoms with E-state index in [1.807, 2.05) is 31.2 Å². The fraction of sp³-hybridized carbons (Fsp3) is 0.357. The lowest BCUT2D eigenvalue weighted by Crippen LogP contribution is -2.28. The van der Waals surface area contributed by atoms with E-state index < -0.39 is 12.0 Å². The summed E-state index contributed by atoms with van der Waals surface area (Å²) in [5.74, 6) is -0.869. The van der Waals surface area contributed by atoms with Crippen molar-refractivity contribution in [2.75, 3.05) is 5.32 Å². The van der Waals surface area contributed by atoms with Gasteiger partial charge < -0.3 is 10.4 Å². The smallest absolute Gasteiger partial charge is 0.326 e.